The third kappa shape index (κ3) is 7.30. The largest absolute Gasteiger partial charge is 0.457 e. The number of hydrogen-bond acceptors (Lipinski definition) is 12. The predicted molar refractivity (Wildman–Crippen MR) is 170 cm³/mol. The zero-order valence-corrected chi connectivity index (χ0v) is 26.4. The van der Waals surface area contributed by atoms with Crippen LogP contribution in [0.25, 0.3) is 0 Å². The van der Waals surface area contributed by atoms with Crippen LogP contribution in [0.15, 0.2) is 105 Å². The lowest BCUT2D eigenvalue weighted by Gasteiger charge is -2.17. The van der Waals surface area contributed by atoms with Crippen molar-refractivity contribution in [1.82, 2.24) is 14.1 Å². The molecule has 0 radical (unpaired) electrons. The van der Waals surface area contributed by atoms with E-state index in [-0.39, 0.29) is 51.1 Å². The molecule has 0 bridgehead atoms. The van der Waals surface area contributed by atoms with Crippen molar-refractivity contribution in [2.45, 2.75) is 31.5 Å². The zero-order chi connectivity index (χ0) is 35.4. The average Bonchev–Trinajstić information content (AvgIpc) is 3.82. The van der Waals surface area contributed by atoms with Crippen LogP contribution in [0.2, 0.25) is 5.02 Å². The number of rotatable bonds is 10. The fraction of sp³-hybridized carbons (Fsp3) is 0.176. The normalized spacial score (nSPS) is 17.0. The van der Waals surface area contributed by atoms with E-state index in [2.05, 4.69) is 4.98 Å². The highest BCUT2D eigenvalue weighted by atomic mass is 35.5. The van der Waals surface area contributed by atoms with Gasteiger partial charge in [-0.3, -0.25) is 14.2 Å². The molecule has 1 aliphatic heterocycles. The lowest BCUT2D eigenvalue weighted by atomic mass is 10.1. The number of aromatic nitrogens is 3. The SMILES string of the molecule is O=C(Oc1cc(OC(=O)c2ccco2)c(Cl)cn1)c1cccc(C(=O)n2c(=O)c(F)cn([C@H]3C[C@H](OCc4ccccc4)[C@@H](CO)O3)c2=O)c1. The first-order valence-electron chi connectivity index (χ1n) is 14.9. The number of aliphatic hydroxyl groups excluding tert-OH is 1. The maximum atomic E-state index is 15.0. The van der Waals surface area contributed by atoms with Crippen LogP contribution in [0.5, 0.6) is 11.6 Å². The summed E-state index contributed by atoms with van der Waals surface area (Å²) in [6.07, 6.45) is 0.192. The topological polar surface area (TPSA) is 178 Å². The molecule has 16 heteroatoms. The first kappa shape index (κ1) is 34.1. The molecule has 50 heavy (non-hydrogen) atoms. The lowest BCUT2D eigenvalue weighted by molar-refractivity contribution is -0.0661. The molecule has 1 aliphatic rings. The molecule has 0 amide bonds. The molecule has 0 saturated carbocycles. The molecule has 1 fully saturated rings. The Morgan fingerprint density at radius 1 is 0.980 bits per heavy atom. The van der Waals surface area contributed by atoms with E-state index >= 15 is 0 Å². The Morgan fingerprint density at radius 3 is 2.50 bits per heavy atom. The van der Waals surface area contributed by atoms with Gasteiger partial charge < -0.3 is 28.5 Å². The number of ether oxygens (including phenoxy) is 4. The van der Waals surface area contributed by atoms with E-state index in [0.717, 1.165) is 28.5 Å². The van der Waals surface area contributed by atoms with Gasteiger partial charge in [-0.05, 0) is 35.9 Å². The summed E-state index contributed by atoms with van der Waals surface area (Å²) >= 11 is 6.06. The van der Waals surface area contributed by atoms with Crippen molar-refractivity contribution in [2.75, 3.05) is 6.61 Å². The Kier molecular flexibility index (Phi) is 10.1. The molecular weight excluding hydrogens is 681 g/mol. The minimum atomic E-state index is -1.53. The van der Waals surface area contributed by atoms with E-state index in [9.17, 15) is 33.5 Å². The van der Waals surface area contributed by atoms with Crippen molar-refractivity contribution in [2.24, 2.45) is 0 Å². The van der Waals surface area contributed by atoms with Gasteiger partial charge in [-0.15, -0.1) is 0 Å². The number of carbonyl (C=O) groups is 3. The van der Waals surface area contributed by atoms with Gasteiger partial charge in [-0.2, -0.15) is 8.96 Å². The first-order chi connectivity index (χ1) is 24.1. The van der Waals surface area contributed by atoms with Crippen LogP contribution in [0.3, 0.4) is 0 Å². The summed E-state index contributed by atoms with van der Waals surface area (Å²) in [5.41, 5.74) is -2.45. The van der Waals surface area contributed by atoms with Crippen molar-refractivity contribution < 1.29 is 47.2 Å². The minimum absolute atomic E-state index is 0.00633. The quantitative estimate of drug-likeness (QED) is 0.208. The standard InChI is InChI=1S/C34H25ClFN3O11/c35-22-15-37-28(13-25(22)49-33(44)24-10-5-11-46-24)50-32(43)21-9-4-8-20(12-21)30(41)39-31(42)23(36)16-38(34(39)45)29-14-26(27(17-40)48-29)47-18-19-6-2-1-3-7-19/h1-13,15-16,26-27,29,40H,14,17-18H2/t26-,27+,29+/m0/s1. The van der Waals surface area contributed by atoms with Crippen LogP contribution < -0.4 is 20.7 Å². The monoisotopic (exact) mass is 705 g/mol. The molecule has 2 aromatic carbocycles. The summed E-state index contributed by atoms with van der Waals surface area (Å²) in [6.45, 7) is -0.301. The molecular formula is C34H25ClFN3O11. The molecule has 6 rings (SSSR count). The Hall–Kier alpha value is -5.74. The summed E-state index contributed by atoms with van der Waals surface area (Å²) in [5, 5.41) is 9.80. The van der Waals surface area contributed by atoms with Gasteiger partial charge in [-0.25, -0.2) is 19.4 Å². The van der Waals surface area contributed by atoms with E-state index in [1.165, 1.54) is 36.6 Å². The second-order valence-corrected chi connectivity index (χ2v) is 11.2. The second kappa shape index (κ2) is 14.8. The van der Waals surface area contributed by atoms with Crippen LogP contribution in [0.1, 0.15) is 49.5 Å². The van der Waals surface area contributed by atoms with Gasteiger partial charge in [0.15, 0.2) is 5.75 Å². The second-order valence-electron chi connectivity index (χ2n) is 10.8. The number of esters is 2. The van der Waals surface area contributed by atoms with E-state index in [1.807, 2.05) is 30.3 Å². The zero-order valence-electron chi connectivity index (χ0n) is 25.6. The Morgan fingerprint density at radius 2 is 1.76 bits per heavy atom. The van der Waals surface area contributed by atoms with E-state index in [1.54, 1.807) is 0 Å². The van der Waals surface area contributed by atoms with Gasteiger partial charge >= 0.3 is 17.6 Å². The van der Waals surface area contributed by atoms with E-state index in [0.29, 0.717) is 6.20 Å². The average molecular weight is 706 g/mol. The maximum absolute atomic E-state index is 15.0. The van der Waals surface area contributed by atoms with E-state index in [4.69, 9.17) is 35.0 Å². The number of hydrogen-bond donors (Lipinski definition) is 1. The Labute approximate surface area is 285 Å². The smallest absolute Gasteiger partial charge is 0.379 e. The highest BCUT2D eigenvalue weighted by Crippen LogP contribution is 2.31. The van der Waals surface area contributed by atoms with Gasteiger partial charge in [0.05, 0.1) is 43.5 Å². The van der Waals surface area contributed by atoms with Gasteiger partial charge in [0.1, 0.15) is 17.4 Å². The molecule has 3 atom stereocenters. The lowest BCUT2D eigenvalue weighted by Crippen LogP contribution is -2.46. The van der Waals surface area contributed by atoms with Crippen LogP contribution in [-0.2, 0) is 16.1 Å². The molecule has 1 N–H and O–H groups in total. The third-order valence-electron chi connectivity index (χ3n) is 7.52. The number of carbonyl (C=O) groups excluding carboxylic acids is 3. The van der Waals surface area contributed by atoms with Gasteiger partial charge in [0.2, 0.25) is 17.5 Å². The van der Waals surface area contributed by atoms with Crippen molar-refractivity contribution in [3.05, 3.63) is 146 Å². The number of aliphatic hydroxyl groups is 1. The van der Waals surface area contributed by atoms with Crippen LogP contribution in [-0.4, -0.2) is 55.9 Å². The maximum Gasteiger partial charge on any atom is 0.379 e. The van der Waals surface area contributed by atoms with Crippen LogP contribution >= 0.6 is 11.6 Å². The molecule has 3 aromatic heterocycles. The molecule has 256 valence electrons. The number of nitrogens with zero attached hydrogens (tertiary/aromatic N) is 3. The number of pyridine rings is 1. The summed E-state index contributed by atoms with van der Waals surface area (Å²) in [7, 11) is 0. The number of halogens is 2. The summed E-state index contributed by atoms with van der Waals surface area (Å²) < 4.78 is 42.9. The number of furan rings is 1. The molecule has 14 nitrogen and oxygen atoms in total. The molecule has 5 aromatic rings. The molecule has 0 spiro atoms. The highest BCUT2D eigenvalue weighted by molar-refractivity contribution is 6.32. The Balaban J connectivity index is 1.20. The first-order valence-corrected chi connectivity index (χ1v) is 15.2. The van der Waals surface area contributed by atoms with E-state index < -0.39 is 60.0 Å². The van der Waals surface area contributed by atoms with Crippen molar-refractivity contribution in [1.29, 1.82) is 0 Å². The molecule has 0 aliphatic carbocycles. The molecule has 4 heterocycles. The number of benzene rings is 2. The van der Waals surface area contributed by atoms with Crippen molar-refractivity contribution >= 4 is 29.4 Å². The minimum Gasteiger partial charge on any atom is -0.457 e. The third-order valence-corrected chi connectivity index (χ3v) is 7.80. The van der Waals surface area contributed by atoms with Gasteiger partial charge in [-0.1, -0.05) is 48.0 Å². The van der Waals surface area contributed by atoms with Crippen LogP contribution in [0, 0.1) is 5.82 Å². The molecule has 0 unspecified atom stereocenters. The summed E-state index contributed by atoms with van der Waals surface area (Å²) in [5.74, 6) is -5.20. The van der Waals surface area contributed by atoms with Gasteiger partial charge in [0, 0.05) is 18.1 Å². The fourth-order valence-electron chi connectivity index (χ4n) is 5.06. The van der Waals surface area contributed by atoms with Crippen LogP contribution in [0.4, 0.5) is 4.39 Å². The fourth-order valence-corrected chi connectivity index (χ4v) is 5.20. The van der Waals surface area contributed by atoms with Crippen molar-refractivity contribution in [3.8, 4) is 11.6 Å². The summed E-state index contributed by atoms with van der Waals surface area (Å²) in [4.78, 5) is 68.9. The predicted octanol–water partition coefficient (Wildman–Crippen LogP) is 3.78. The highest BCUT2D eigenvalue weighted by Gasteiger charge is 2.38. The molecule has 1 saturated heterocycles. The Bertz CT molecular complexity index is 2170. The summed E-state index contributed by atoms with van der Waals surface area (Å²) in [6, 6.07) is 17.9. The van der Waals surface area contributed by atoms with Gasteiger partial charge in [0.25, 0.3) is 11.5 Å². The van der Waals surface area contributed by atoms with Crippen molar-refractivity contribution in [3.63, 3.8) is 0 Å².